The molecule has 1 heterocycles. The zero-order valence-electron chi connectivity index (χ0n) is 8.13. The third-order valence-electron chi connectivity index (χ3n) is 1.97. The van der Waals surface area contributed by atoms with Gasteiger partial charge >= 0.3 is 0 Å². The summed E-state index contributed by atoms with van der Waals surface area (Å²) >= 11 is 4.94. The molecule has 1 atom stereocenters. The van der Waals surface area contributed by atoms with Gasteiger partial charge in [-0.15, -0.1) is 0 Å². The van der Waals surface area contributed by atoms with E-state index >= 15 is 0 Å². The summed E-state index contributed by atoms with van der Waals surface area (Å²) in [5, 5.41) is 4.25. The highest BCUT2D eigenvalue weighted by atomic mass is 79.9. The Kier molecular flexibility index (Phi) is 3.31. The quantitative estimate of drug-likeness (QED) is 0.855. The second-order valence-corrected chi connectivity index (χ2v) is 5.67. The molecule has 0 amide bonds. The molecule has 2 rings (SSSR count). The van der Waals surface area contributed by atoms with Crippen LogP contribution in [0.2, 0.25) is 0 Å². The second-order valence-electron chi connectivity index (χ2n) is 3.32. The molecule has 0 aliphatic carbocycles. The van der Waals surface area contributed by atoms with Gasteiger partial charge in [-0.3, -0.25) is 4.99 Å². The van der Waals surface area contributed by atoms with Crippen molar-refractivity contribution >= 4 is 38.5 Å². The standard InChI is InChI=1S/C10H10BrFN2S/c1-6-5-13-10(15-6)14-9-4-7(11)2-3-8(9)12/h2-4,6H,5H2,1H3,(H,13,14). The molecule has 1 aliphatic heterocycles. The highest BCUT2D eigenvalue weighted by molar-refractivity contribution is 9.10. The van der Waals surface area contributed by atoms with E-state index in [1.807, 2.05) is 0 Å². The highest BCUT2D eigenvalue weighted by Gasteiger charge is 2.16. The first-order valence-electron chi connectivity index (χ1n) is 4.58. The predicted molar refractivity (Wildman–Crippen MR) is 67.1 cm³/mol. The number of hydrogen-bond donors (Lipinski definition) is 1. The van der Waals surface area contributed by atoms with Gasteiger partial charge in [0.2, 0.25) is 0 Å². The minimum atomic E-state index is -0.263. The number of hydrogen-bond acceptors (Lipinski definition) is 3. The zero-order chi connectivity index (χ0) is 10.8. The summed E-state index contributed by atoms with van der Waals surface area (Å²) in [4.78, 5) is 4.27. The molecule has 0 saturated carbocycles. The fourth-order valence-electron chi connectivity index (χ4n) is 1.25. The van der Waals surface area contributed by atoms with Gasteiger partial charge in [-0.2, -0.15) is 0 Å². The van der Waals surface area contributed by atoms with E-state index in [4.69, 9.17) is 0 Å². The molecule has 5 heteroatoms. The topological polar surface area (TPSA) is 24.4 Å². The first-order chi connectivity index (χ1) is 7.15. The average molecular weight is 289 g/mol. The lowest BCUT2D eigenvalue weighted by atomic mass is 10.3. The number of anilines is 1. The van der Waals surface area contributed by atoms with Crippen LogP contribution in [0.4, 0.5) is 10.1 Å². The first-order valence-corrected chi connectivity index (χ1v) is 6.25. The van der Waals surface area contributed by atoms with Gasteiger partial charge in [0, 0.05) is 9.72 Å². The van der Waals surface area contributed by atoms with Gasteiger partial charge in [-0.05, 0) is 18.2 Å². The summed E-state index contributed by atoms with van der Waals surface area (Å²) in [5.74, 6) is -0.263. The number of halogens is 2. The number of rotatable bonds is 1. The Bertz CT molecular complexity index is 408. The van der Waals surface area contributed by atoms with Gasteiger partial charge in [0.1, 0.15) is 5.82 Å². The fourth-order valence-corrected chi connectivity index (χ4v) is 2.46. The first kappa shape index (κ1) is 11.0. The van der Waals surface area contributed by atoms with Crippen molar-refractivity contribution in [1.82, 2.24) is 0 Å². The number of benzene rings is 1. The van der Waals surface area contributed by atoms with E-state index < -0.39 is 0 Å². The predicted octanol–water partition coefficient (Wildman–Crippen LogP) is 3.49. The van der Waals surface area contributed by atoms with Crippen LogP contribution in [0.15, 0.2) is 27.7 Å². The molecular weight excluding hydrogens is 279 g/mol. The Morgan fingerprint density at radius 3 is 3.07 bits per heavy atom. The van der Waals surface area contributed by atoms with Crippen LogP contribution in [0.5, 0.6) is 0 Å². The van der Waals surface area contributed by atoms with Gasteiger partial charge in [-0.1, -0.05) is 34.6 Å². The number of nitrogens with one attached hydrogen (secondary N) is 1. The van der Waals surface area contributed by atoms with Gasteiger partial charge < -0.3 is 5.32 Å². The molecule has 0 radical (unpaired) electrons. The van der Waals surface area contributed by atoms with E-state index in [0.29, 0.717) is 10.9 Å². The average Bonchev–Trinajstić information content (AvgIpc) is 2.58. The van der Waals surface area contributed by atoms with Crippen LogP contribution in [-0.2, 0) is 0 Å². The maximum absolute atomic E-state index is 13.4. The summed E-state index contributed by atoms with van der Waals surface area (Å²) < 4.78 is 14.2. The van der Waals surface area contributed by atoms with E-state index in [1.54, 1.807) is 23.9 Å². The number of aliphatic imine (C=N–C) groups is 1. The van der Waals surface area contributed by atoms with E-state index in [-0.39, 0.29) is 5.82 Å². The van der Waals surface area contributed by atoms with E-state index in [9.17, 15) is 4.39 Å². The van der Waals surface area contributed by atoms with E-state index in [2.05, 4.69) is 33.2 Å². The van der Waals surface area contributed by atoms with Crippen molar-refractivity contribution in [3.63, 3.8) is 0 Å². The van der Waals surface area contributed by atoms with Gasteiger partial charge in [-0.25, -0.2) is 4.39 Å². The minimum Gasteiger partial charge on any atom is -0.333 e. The van der Waals surface area contributed by atoms with Crippen LogP contribution in [-0.4, -0.2) is 17.0 Å². The van der Waals surface area contributed by atoms with Gasteiger partial charge in [0.05, 0.1) is 12.2 Å². The molecule has 2 nitrogen and oxygen atoms in total. The van der Waals surface area contributed by atoms with Crippen molar-refractivity contribution in [1.29, 1.82) is 0 Å². The SMILES string of the molecule is CC1CN=C(Nc2cc(Br)ccc2F)S1. The maximum atomic E-state index is 13.4. The van der Waals surface area contributed by atoms with Crippen LogP contribution in [0.3, 0.4) is 0 Å². The molecule has 1 aromatic carbocycles. The Morgan fingerprint density at radius 1 is 1.60 bits per heavy atom. The molecular formula is C10H10BrFN2S. The highest BCUT2D eigenvalue weighted by Crippen LogP contribution is 2.25. The number of amidine groups is 1. The molecule has 1 aromatic rings. The largest absolute Gasteiger partial charge is 0.333 e. The molecule has 0 aromatic heterocycles. The lowest BCUT2D eigenvalue weighted by molar-refractivity contribution is 0.632. The Hall–Kier alpha value is -0.550. The normalized spacial score (nSPS) is 20.2. The van der Waals surface area contributed by atoms with Crippen molar-refractivity contribution < 1.29 is 4.39 Å². The Balaban J connectivity index is 2.14. The molecule has 0 bridgehead atoms. The van der Waals surface area contributed by atoms with Crippen LogP contribution in [0.1, 0.15) is 6.92 Å². The molecule has 0 saturated heterocycles. The molecule has 1 aliphatic rings. The van der Waals surface area contributed by atoms with Crippen LogP contribution < -0.4 is 5.32 Å². The molecule has 15 heavy (non-hydrogen) atoms. The third kappa shape index (κ3) is 2.72. The lowest BCUT2D eigenvalue weighted by Crippen LogP contribution is -2.07. The van der Waals surface area contributed by atoms with Gasteiger partial charge in [0.25, 0.3) is 0 Å². The maximum Gasteiger partial charge on any atom is 0.161 e. The Labute approximate surface area is 100 Å². The summed E-state index contributed by atoms with van der Waals surface area (Å²) in [6, 6.07) is 4.81. The molecule has 1 N–H and O–H groups in total. The number of nitrogens with zero attached hydrogens (tertiary/aromatic N) is 1. The van der Waals surface area contributed by atoms with E-state index in [0.717, 1.165) is 16.2 Å². The molecule has 80 valence electrons. The zero-order valence-corrected chi connectivity index (χ0v) is 10.5. The van der Waals surface area contributed by atoms with Crippen molar-refractivity contribution in [2.75, 3.05) is 11.9 Å². The fraction of sp³-hybridized carbons (Fsp3) is 0.300. The monoisotopic (exact) mass is 288 g/mol. The number of thioether (sulfide) groups is 1. The van der Waals surface area contributed by atoms with Crippen LogP contribution in [0.25, 0.3) is 0 Å². The molecule has 0 spiro atoms. The third-order valence-corrected chi connectivity index (χ3v) is 3.47. The Morgan fingerprint density at radius 2 is 2.40 bits per heavy atom. The second kappa shape index (κ2) is 4.53. The molecule has 1 unspecified atom stereocenters. The van der Waals surface area contributed by atoms with Gasteiger partial charge in [0.15, 0.2) is 5.17 Å². The minimum absolute atomic E-state index is 0.263. The summed E-state index contributed by atoms with van der Waals surface area (Å²) in [6.45, 7) is 2.89. The summed E-state index contributed by atoms with van der Waals surface area (Å²) in [7, 11) is 0. The summed E-state index contributed by atoms with van der Waals surface area (Å²) in [6.07, 6.45) is 0. The smallest absolute Gasteiger partial charge is 0.161 e. The van der Waals surface area contributed by atoms with E-state index in [1.165, 1.54) is 6.07 Å². The van der Waals surface area contributed by atoms with Crippen molar-refractivity contribution in [2.45, 2.75) is 12.2 Å². The van der Waals surface area contributed by atoms with Crippen molar-refractivity contribution in [2.24, 2.45) is 4.99 Å². The van der Waals surface area contributed by atoms with Crippen LogP contribution >= 0.6 is 27.7 Å². The van der Waals surface area contributed by atoms with Crippen molar-refractivity contribution in [3.05, 3.63) is 28.5 Å². The lowest BCUT2D eigenvalue weighted by Gasteiger charge is -2.07. The summed E-state index contributed by atoms with van der Waals surface area (Å²) in [5.41, 5.74) is 0.463. The van der Waals surface area contributed by atoms with Crippen LogP contribution in [0, 0.1) is 5.82 Å². The van der Waals surface area contributed by atoms with Crippen molar-refractivity contribution in [3.8, 4) is 0 Å². The molecule has 0 fully saturated rings.